The highest BCUT2D eigenvalue weighted by molar-refractivity contribution is 6.07. The van der Waals surface area contributed by atoms with Gasteiger partial charge in [0.2, 0.25) is 11.8 Å². The zero-order valence-corrected chi connectivity index (χ0v) is 13.5. The standard InChI is InChI=1S/C18H23FN2O2/c1-13-3-2-10-21(12-13)17(23)18(8-9-18)16(22)20-11-14-4-6-15(19)7-5-14/h4-7,13H,2-3,8-12H2,1H3,(H,20,22). The van der Waals surface area contributed by atoms with Crippen LogP contribution in [0.15, 0.2) is 24.3 Å². The summed E-state index contributed by atoms with van der Waals surface area (Å²) >= 11 is 0. The molecule has 1 aliphatic carbocycles. The van der Waals surface area contributed by atoms with Crippen molar-refractivity contribution in [1.82, 2.24) is 10.2 Å². The molecule has 0 aromatic heterocycles. The third-order valence-corrected chi connectivity index (χ3v) is 4.90. The average Bonchev–Trinajstić information content (AvgIpc) is 3.35. The Morgan fingerprint density at radius 3 is 2.61 bits per heavy atom. The molecule has 2 amide bonds. The van der Waals surface area contributed by atoms with Gasteiger partial charge in [0.15, 0.2) is 0 Å². The number of hydrogen-bond donors (Lipinski definition) is 1. The summed E-state index contributed by atoms with van der Waals surface area (Å²) in [7, 11) is 0. The van der Waals surface area contributed by atoms with Crippen LogP contribution < -0.4 is 5.32 Å². The van der Waals surface area contributed by atoms with Gasteiger partial charge in [-0.15, -0.1) is 0 Å². The monoisotopic (exact) mass is 318 g/mol. The predicted octanol–water partition coefficient (Wildman–Crippen LogP) is 2.48. The zero-order valence-electron chi connectivity index (χ0n) is 13.5. The molecule has 0 spiro atoms. The van der Waals surface area contributed by atoms with E-state index in [9.17, 15) is 14.0 Å². The van der Waals surface area contributed by atoms with Crippen LogP contribution in [0, 0.1) is 17.2 Å². The summed E-state index contributed by atoms with van der Waals surface area (Å²) in [6, 6.07) is 6.02. The Balaban J connectivity index is 1.59. The summed E-state index contributed by atoms with van der Waals surface area (Å²) in [5.41, 5.74) is -0.0218. The van der Waals surface area contributed by atoms with E-state index in [2.05, 4.69) is 12.2 Å². The second-order valence-electron chi connectivity index (χ2n) is 6.89. The molecule has 1 atom stereocenters. The third kappa shape index (κ3) is 3.38. The van der Waals surface area contributed by atoms with Crippen LogP contribution in [-0.2, 0) is 16.1 Å². The molecule has 1 aliphatic heterocycles. The lowest BCUT2D eigenvalue weighted by atomic mass is 9.96. The number of nitrogens with one attached hydrogen (secondary N) is 1. The quantitative estimate of drug-likeness (QED) is 0.867. The molecule has 3 rings (SSSR count). The molecule has 5 heteroatoms. The minimum absolute atomic E-state index is 0.0133. The van der Waals surface area contributed by atoms with Gasteiger partial charge in [-0.3, -0.25) is 9.59 Å². The SMILES string of the molecule is CC1CCCN(C(=O)C2(C(=O)NCc3ccc(F)cc3)CC2)C1. The number of halogens is 1. The normalized spacial score (nSPS) is 22.5. The fourth-order valence-corrected chi connectivity index (χ4v) is 3.29. The molecule has 1 heterocycles. The van der Waals surface area contributed by atoms with Crippen molar-refractivity contribution in [3.8, 4) is 0 Å². The van der Waals surface area contributed by atoms with Crippen LogP contribution in [0.4, 0.5) is 4.39 Å². The van der Waals surface area contributed by atoms with Gasteiger partial charge in [-0.25, -0.2) is 4.39 Å². The lowest BCUT2D eigenvalue weighted by molar-refractivity contribution is -0.145. The molecular formula is C18H23FN2O2. The molecule has 2 fully saturated rings. The summed E-state index contributed by atoms with van der Waals surface area (Å²) in [6.45, 7) is 3.99. The number of carbonyl (C=O) groups excluding carboxylic acids is 2. The summed E-state index contributed by atoms with van der Waals surface area (Å²) in [4.78, 5) is 27.1. The van der Waals surface area contributed by atoms with Gasteiger partial charge >= 0.3 is 0 Å². The molecule has 23 heavy (non-hydrogen) atoms. The van der Waals surface area contributed by atoms with E-state index in [1.807, 2.05) is 4.90 Å². The number of amides is 2. The number of carbonyl (C=O) groups is 2. The number of piperidine rings is 1. The molecule has 2 aliphatic rings. The van der Waals surface area contributed by atoms with Gasteiger partial charge in [-0.1, -0.05) is 19.1 Å². The largest absolute Gasteiger partial charge is 0.351 e. The molecular weight excluding hydrogens is 295 g/mol. The molecule has 1 unspecified atom stereocenters. The Kier molecular flexibility index (Phi) is 4.37. The van der Waals surface area contributed by atoms with Gasteiger partial charge < -0.3 is 10.2 Å². The second-order valence-corrected chi connectivity index (χ2v) is 6.89. The van der Waals surface area contributed by atoms with Crippen LogP contribution >= 0.6 is 0 Å². The van der Waals surface area contributed by atoms with E-state index >= 15 is 0 Å². The molecule has 1 aromatic rings. The summed E-state index contributed by atoms with van der Waals surface area (Å²) < 4.78 is 12.9. The maximum atomic E-state index is 12.9. The average molecular weight is 318 g/mol. The topological polar surface area (TPSA) is 49.4 Å². The van der Waals surface area contributed by atoms with Gasteiger partial charge in [0, 0.05) is 19.6 Å². The molecule has 124 valence electrons. The Bertz CT molecular complexity index is 596. The van der Waals surface area contributed by atoms with E-state index in [0.29, 0.717) is 25.3 Å². The molecule has 1 saturated heterocycles. The van der Waals surface area contributed by atoms with E-state index in [0.717, 1.165) is 31.5 Å². The van der Waals surface area contributed by atoms with Crippen molar-refractivity contribution in [1.29, 1.82) is 0 Å². The summed E-state index contributed by atoms with van der Waals surface area (Å²) in [6.07, 6.45) is 3.42. The minimum atomic E-state index is -0.850. The van der Waals surface area contributed by atoms with Crippen molar-refractivity contribution >= 4 is 11.8 Å². The molecule has 0 bridgehead atoms. The molecule has 1 N–H and O–H groups in total. The maximum Gasteiger partial charge on any atom is 0.238 e. The third-order valence-electron chi connectivity index (χ3n) is 4.90. The first-order valence-corrected chi connectivity index (χ1v) is 8.33. The van der Waals surface area contributed by atoms with E-state index in [4.69, 9.17) is 0 Å². The van der Waals surface area contributed by atoms with Crippen molar-refractivity contribution in [3.63, 3.8) is 0 Å². The molecule has 4 nitrogen and oxygen atoms in total. The smallest absolute Gasteiger partial charge is 0.238 e. The Morgan fingerprint density at radius 1 is 1.30 bits per heavy atom. The molecule has 1 saturated carbocycles. The van der Waals surface area contributed by atoms with Crippen molar-refractivity contribution < 1.29 is 14.0 Å². The van der Waals surface area contributed by atoms with Gasteiger partial charge in [0.05, 0.1) is 0 Å². The van der Waals surface area contributed by atoms with Crippen LogP contribution in [0.3, 0.4) is 0 Å². The van der Waals surface area contributed by atoms with Gasteiger partial charge in [-0.2, -0.15) is 0 Å². The van der Waals surface area contributed by atoms with Crippen LogP contribution in [0.1, 0.15) is 38.2 Å². The van der Waals surface area contributed by atoms with Crippen LogP contribution in [0.2, 0.25) is 0 Å². The fourth-order valence-electron chi connectivity index (χ4n) is 3.29. The van der Waals surface area contributed by atoms with E-state index in [-0.39, 0.29) is 17.6 Å². The van der Waals surface area contributed by atoms with Crippen molar-refractivity contribution in [3.05, 3.63) is 35.6 Å². The molecule has 1 aromatic carbocycles. The second kappa shape index (κ2) is 6.30. The number of nitrogens with zero attached hydrogens (tertiary/aromatic N) is 1. The van der Waals surface area contributed by atoms with Gasteiger partial charge in [0.1, 0.15) is 11.2 Å². The zero-order chi connectivity index (χ0) is 16.4. The lowest BCUT2D eigenvalue weighted by Gasteiger charge is -2.33. The first-order valence-electron chi connectivity index (χ1n) is 8.33. The molecule has 0 radical (unpaired) electrons. The van der Waals surface area contributed by atoms with Crippen LogP contribution in [-0.4, -0.2) is 29.8 Å². The number of rotatable bonds is 4. The predicted molar refractivity (Wildman–Crippen MR) is 84.9 cm³/mol. The van der Waals surface area contributed by atoms with E-state index in [1.54, 1.807) is 12.1 Å². The van der Waals surface area contributed by atoms with Crippen molar-refractivity contribution in [2.75, 3.05) is 13.1 Å². The first kappa shape index (κ1) is 16.0. The lowest BCUT2D eigenvalue weighted by Crippen LogP contribution is -2.48. The van der Waals surface area contributed by atoms with Crippen LogP contribution in [0.25, 0.3) is 0 Å². The summed E-state index contributed by atoms with van der Waals surface area (Å²) in [5, 5.41) is 2.84. The Labute approximate surface area is 136 Å². The van der Waals surface area contributed by atoms with E-state index < -0.39 is 5.41 Å². The number of benzene rings is 1. The van der Waals surface area contributed by atoms with Crippen LogP contribution in [0.5, 0.6) is 0 Å². The first-order chi connectivity index (χ1) is 11.0. The van der Waals surface area contributed by atoms with E-state index in [1.165, 1.54) is 12.1 Å². The van der Waals surface area contributed by atoms with Crippen molar-refractivity contribution in [2.24, 2.45) is 11.3 Å². The highest BCUT2D eigenvalue weighted by Crippen LogP contribution is 2.48. The van der Waals surface area contributed by atoms with Crippen molar-refractivity contribution in [2.45, 2.75) is 39.2 Å². The Hall–Kier alpha value is -1.91. The fraction of sp³-hybridized carbons (Fsp3) is 0.556. The highest BCUT2D eigenvalue weighted by atomic mass is 19.1. The van der Waals surface area contributed by atoms with Gasteiger partial charge in [0.25, 0.3) is 0 Å². The number of hydrogen-bond acceptors (Lipinski definition) is 2. The van der Waals surface area contributed by atoms with Gasteiger partial charge in [-0.05, 0) is 49.3 Å². The Morgan fingerprint density at radius 2 is 2.00 bits per heavy atom. The maximum absolute atomic E-state index is 12.9. The minimum Gasteiger partial charge on any atom is -0.351 e. The number of likely N-dealkylation sites (tertiary alicyclic amines) is 1. The summed E-state index contributed by atoms with van der Waals surface area (Å²) in [5.74, 6) is 0.00428. The highest BCUT2D eigenvalue weighted by Gasteiger charge is 2.58.